The van der Waals surface area contributed by atoms with Crippen LogP contribution in [0.1, 0.15) is 235 Å². The van der Waals surface area contributed by atoms with E-state index in [2.05, 4.69) is 497 Å². The van der Waals surface area contributed by atoms with Gasteiger partial charge in [0, 0.05) is 110 Å². The fourth-order valence-corrected chi connectivity index (χ4v) is 26.8. The summed E-state index contributed by atoms with van der Waals surface area (Å²) in [5.41, 5.74) is 43.4. The van der Waals surface area contributed by atoms with Crippen LogP contribution in [0.4, 0.5) is 68.2 Å². The second-order valence-electron chi connectivity index (χ2n) is 49.1. The Morgan fingerprint density at radius 2 is 0.650 bits per heavy atom. The SMILES string of the molecule is CC(C)(C)c1ccc(N(c2ccc(C(C)(C)CCC(C)(C)c3ccc(N4c5cc(N(c6ccc(C(C)(C)C)cc6)c6ccc(C(C)(C)C)cc6)ccc5B5c6c4cc(C(C)(C)C)cc6-n4c6c5cccc6c5sc6ccccc6c54)c(-c4ccccc4)c3)cc2)c2ccc3c(c2)N(c2ccc4c(c2)C(C)(C)CCC4(C)C)c2cc(C(C)(C)C)cc4c2B3c2cccc3c5sc6ccccc6c5n-4c23)cc1. The zero-order valence-electron chi connectivity index (χ0n) is 85.9. The van der Waals surface area contributed by atoms with Gasteiger partial charge >= 0.3 is 0 Å². The smallest absolute Gasteiger partial charge is 0.252 e. The van der Waals surface area contributed by atoms with Gasteiger partial charge < -0.3 is 28.7 Å². The molecule has 4 aromatic heterocycles. The molecule has 0 spiro atoms. The minimum absolute atomic E-state index is 0.0148. The van der Waals surface area contributed by atoms with Crippen LogP contribution in [-0.4, -0.2) is 22.6 Å². The highest BCUT2D eigenvalue weighted by atomic mass is 32.1. The number of nitrogens with zero attached hydrogens (tertiary/aromatic N) is 6. The number of fused-ring (bicyclic) bond motifs is 19. The van der Waals surface area contributed by atoms with E-state index in [-0.39, 0.29) is 62.2 Å². The maximum atomic E-state index is 2.71. The highest BCUT2D eigenvalue weighted by Crippen LogP contribution is 2.56. The van der Waals surface area contributed by atoms with Gasteiger partial charge in [-0.25, -0.2) is 0 Å². The molecule has 15 aromatic carbocycles. The van der Waals surface area contributed by atoms with E-state index in [1.807, 2.05) is 22.7 Å². The molecule has 0 amide bonds. The molecule has 0 saturated carbocycles. The van der Waals surface area contributed by atoms with Crippen LogP contribution in [0.2, 0.25) is 0 Å². The van der Waals surface area contributed by atoms with Gasteiger partial charge in [-0.3, -0.25) is 0 Å². The molecule has 8 heterocycles. The van der Waals surface area contributed by atoms with Crippen molar-refractivity contribution in [3.63, 3.8) is 0 Å². The maximum absolute atomic E-state index is 2.71. The quantitative estimate of drug-likeness (QED) is 0.101. The molecule has 0 atom stereocenters. The summed E-state index contributed by atoms with van der Waals surface area (Å²) in [6, 6.07) is 122. The van der Waals surface area contributed by atoms with Crippen molar-refractivity contribution in [3.05, 3.63) is 359 Å². The molecule has 24 rings (SSSR count). The van der Waals surface area contributed by atoms with Crippen LogP contribution in [-0.2, 0) is 48.7 Å². The summed E-state index contributed by atoms with van der Waals surface area (Å²) in [4.78, 5) is 10.5. The molecule has 1 aliphatic carbocycles. The first kappa shape index (κ1) is 89.8. The summed E-state index contributed by atoms with van der Waals surface area (Å²) in [6.07, 6.45) is 4.19. The number of hydrogen-bond acceptors (Lipinski definition) is 6. The number of anilines is 12. The molecule has 4 aliphatic heterocycles. The second kappa shape index (κ2) is 31.3. The number of rotatable bonds is 14. The fraction of sp³-hybridized carbons (Fsp3) is 0.277. The third kappa shape index (κ3) is 14.2. The molecule has 10 heteroatoms. The van der Waals surface area contributed by atoms with Gasteiger partial charge in [-0.1, -0.05) is 335 Å². The van der Waals surface area contributed by atoms with Gasteiger partial charge in [-0.2, -0.15) is 0 Å². The molecule has 6 nitrogen and oxygen atoms in total. The van der Waals surface area contributed by atoms with Crippen molar-refractivity contribution in [2.45, 2.75) is 234 Å². The predicted octanol–water partition coefficient (Wildman–Crippen LogP) is 33.0. The molecule has 0 unspecified atom stereocenters. The lowest BCUT2D eigenvalue weighted by molar-refractivity contribution is 0.332. The lowest BCUT2D eigenvalue weighted by Crippen LogP contribution is -2.60. The summed E-state index contributed by atoms with van der Waals surface area (Å²) in [6.45, 7) is 55.0. The molecule has 0 radical (unpaired) electrons. The van der Waals surface area contributed by atoms with Crippen molar-refractivity contribution in [1.29, 1.82) is 0 Å². The predicted molar refractivity (Wildman–Crippen MR) is 610 cm³/mol. The number of benzene rings is 15. The number of hydrogen-bond donors (Lipinski definition) is 0. The fourth-order valence-electron chi connectivity index (χ4n) is 24.4. The van der Waals surface area contributed by atoms with Crippen molar-refractivity contribution >= 4 is 200 Å². The Hall–Kier alpha value is -12.9. The first-order chi connectivity index (χ1) is 66.6. The molecular formula is C130H128B2N6S2. The minimum atomic E-state index is -0.259. The third-order valence-corrected chi connectivity index (χ3v) is 35.3. The van der Waals surface area contributed by atoms with Gasteiger partial charge in [-0.05, 0) is 296 Å². The largest absolute Gasteiger partial charge is 0.311 e. The zero-order chi connectivity index (χ0) is 97.2. The van der Waals surface area contributed by atoms with E-state index in [4.69, 9.17) is 0 Å². The first-order valence-electron chi connectivity index (χ1n) is 51.1. The van der Waals surface area contributed by atoms with Gasteiger partial charge in [0.05, 0.1) is 37.2 Å². The zero-order valence-corrected chi connectivity index (χ0v) is 87.6. The standard InChI is InChI=1S/C130H128B2N6S2/c1-122(2,3)80-43-52-87(53-44-80)133(88-54-45-81(46-55-88)123(4,5)6)93-62-65-102-107(78-93)136(109-73-86(126(13,14)15)75-111-115(109)132(102)104-40-32-38-97-117(104)138(111)119-95-36-28-30-42-113(95)140-121(97)119)105-66-51-84(71-98(105)79-33-25-24-26-34-79)128(18,19)68-67-127(16,17)83-49-58-90(59-50-83)134(89-56-47-82(48-57-89)124(7,8)9)92-61-64-101-106(77-92)135(91-60-63-99-100(76-91)130(22,23)70-69-129(99,20)21)108-72-85(125(10,11)12)74-110-114(108)131(101)103-39-31-37-96-116(103)137(110)118-94-35-27-29-41-112(94)139-120(96)118/h24-66,71-78H,67-70H2,1-23H3. The molecule has 0 bridgehead atoms. The second-order valence-corrected chi connectivity index (χ2v) is 51.2. The average molecular weight is 1860 g/mol. The van der Waals surface area contributed by atoms with Crippen LogP contribution < -0.4 is 52.4 Å². The van der Waals surface area contributed by atoms with Crippen LogP contribution in [0.3, 0.4) is 0 Å². The van der Waals surface area contributed by atoms with Crippen molar-refractivity contribution in [2.24, 2.45) is 0 Å². The summed E-state index contributed by atoms with van der Waals surface area (Å²) in [7, 11) is 0. The Kier molecular flexibility index (Phi) is 20.1. The Balaban J connectivity index is 0.631. The summed E-state index contributed by atoms with van der Waals surface area (Å²) < 4.78 is 10.7. The van der Waals surface area contributed by atoms with Crippen molar-refractivity contribution in [1.82, 2.24) is 9.13 Å². The highest BCUT2D eigenvalue weighted by molar-refractivity contribution is 7.27. The van der Waals surface area contributed by atoms with Gasteiger partial charge in [-0.15, -0.1) is 22.7 Å². The van der Waals surface area contributed by atoms with E-state index in [0.717, 1.165) is 65.5 Å². The van der Waals surface area contributed by atoms with Crippen LogP contribution in [0.15, 0.2) is 309 Å². The van der Waals surface area contributed by atoms with E-state index in [1.165, 1.54) is 196 Å². The molecule has 0 N–H and O–H groups in total. The molecular weight excluding hydrogens is 1730 g/mol. The average Bonchev–Trinajstić information content (AvgIpc) is 1.42. The third-order valence-electron chi connectivity index (χ3n) is 32.9. The summed E-state index contributed by atoms with van der Waals surface area (Å²) in [5, 5.41) is 5.27. The highest BCUT2D eigenvalue weighted by Gasteiger charge is 2.49. The number of aromatic nitrogens is 2. The summed E-state index contributed by atoms with van der Waals surface area (Å²) in [5.74, 6) is 0. The van der Waals surface area contributed by atoms with E-state index in [0.29, 0.717) is 0 Å². The Morgan fingerprint density at radius 3 is 1.09 bits per heavy atom. The van der Waals surface area contributed by atoms with Gasteiger partial charge in [0.15, 0.2) is 0 Å². The van der Waals surface area contributed by atoms with Gasteiger partial charge in [0.1, 0.15) is 0 Å². The Labute approximate surface area is 837 Å². The molecule has 0 fully saturated rings. The molecule has 0 saturated heterocycles. The molecule has 140 heavy (non-hydrogen) atoms. The summed E-state index contributed by atoms with van der Waals surface area (Å²) >= 11 is 3.88. The first-order valence-corrected chi connectivity index (χ1v) is 52.7. The van der Waals surface area contributed by atoms with Crippen molar-refractivity contribution < 1.29 is 0 Å². The van der Waals surface area contributed by atoms with E-state index < -0.39 is 0 Å². The topological polar surface area (TPSA) is 22.8 Å². The van der Waals surface area contributed by atoms with Crippen LogP contribution >= 0.6 is 22.7 Å². The molecule has 5 aliphatic rings. The normalized spacial score (nSPS) is 14.9. The number of para-hydroxylation sites is 2. The Morgan fingerprint density at radius 1 is 0.279 bits per heavy atom. The van der Waals surface area contributed by atoms with E-state index in [1.54, 1.807) is 0 Å². The van der Waals surface area contributed by atoms with Crippen LogP contribution in [0.5, 0.6) is 0 Å². The Bertz CT molecular complexity index is 8260. The van der Waals surface area contributed by atoms with Crippen molar-refractivity contribution in [3.8, 4) is 22.5 Å². The maximum Gasteiger partial charge on any atom is 0.252 e. The van der Waals surface area contributed by atoms with Crippen LogP contribution in [0.25, 0.3) is 84.9 Å². The molecule has 696 valence electrons. The lowest BCUT2D eigenvalue weighted by atomic mass is 9.33. The monoisotopic (exact) mass is 1860 g/mol. The minimum Gasteiger partial charge on any atom is -0.311 e. The van der Waals surface area contributed by atoms with Gasteiger partial charge in [0.2, 0.25) is 0 Å². The number of thiophene rings is 2. The van der Waals surface area contributed by atoms with Crippen LogP contribution in [0, 0.1) is 0 Å². The molecule has 19 aromatic rings. The lowest BCUT2D eigenvalue weighted by Gasteiger charge is -2.44. The van der Waals surface area contributed by atoms with Crippen molar-refractivity contribution in [2.75, 3.05) is 19.6 Å². The van der Waals surface area contributed by atoms with E-state index >= 15 is 0 Å². The van der Waals surface area contributed by atoms with E-state index in [9.17, 15) is 0 Å². The van der Waals surface area contributed by atoms with Gasteiger partial charge in [0.25, 0.3) is 13.4 Å².